The summed E-state index contributed by atoms with van der Waals surface area (Å²) in [7, 11) is 0. The van der Waals surface area contributed by atoms with Crippen molar-refractivity contribution < 1.29 is 22.7 Å². The smallest absolute Gasteiger partial charge is 0.378 e. The van der Waals surface area contributed by atoms with Crippen LogP contribution in [0.25, 0.3) is 10.9 Å². The molecule has 1 saturated heterocycles. The summed E-state index contributed by atoms with van der Waals surface area (Å²) in [5.74, 6) is 0.126. The highest BCUT2D eigenvalue weighted by atomic mass is 19.4. The van der Waals surface area contributed by atoms with Gasteiger partial charge in [0.15, 0.2) is 0 Å². The third kappa shape index (κ3) is 5.23. The van der Waals surface area contributed by atoms with Gasteiger partial charge in [0.2, 0.25) is 0 Å². The minimum absolute atomic E-state index is 0.00896. The van der Waals surface area contributed by atoms with Crippen molar-refractivity contribution in [2.24, 2.45) is 0 Å². The topological polar surface area (TPSA) is 87.3 Å². The summed E-state index contributed by atoms with van der Waals surface area (Å²) in [6, 6.07) is 6.47. The number of halogens is 3. The largest absolute Gasteiger partial charge is 0.416 e. The van der Waals surface area contributed by atoms with E-state index in [0.29, 0.717) is 29.9 Å². The standard InChI is InChI=1S/C26H29F3N4O3/c1-13-8-18(25(35)33-11-14(2)36-15(3)12-33)6-7-22(13)30-16(4)19-9-20-23(10-21(19)26(27,28)29)31-17(5)32-24(20)34/h6-10,14-16,30H,11-12H2,1-5H3,(H,31,32,34)/t14-,15+,16?. The molecular formula is C26H29F3N4O3. The number of fused-ring (bicyclic) bond motifs is 1. The molecule has 1 aliphatic heterocycles. The minimum atomic E-state index is -4.63. The van der Waals surface area contributed by atoms with Gasteiger partial charge in [-0.15, -0.1) is 0 Å². The van der Waals surface area contributed by atoms with Gasteiger partial charge in [0.1, 0.15) is 5.82 Å². The number of carbonyl (C=O) groups excluding carboxylic acids is 1. The number of carbonyl (C=O) groups is 1. The molecule has 0 radical (unpaired) electrons. The van der Waals surface area contributed by atoms with Crippen molar-refractivity contribution in [2.45, 2.75) is 59.0 Å². The number of amides is 1. The summed E-state index contributed by atoms with van der Waals surface area (Å²) in [5, 5.41) is 3.20. The lowest BCUT2D eigenvalue weighted by atomic mass is 9.97. The van der Waals surface area contributed by atoms with Gasteiger partial charge in [-0.3, -0.25) is 9.59 Å². The molecule has 7 nitrogen and oxygen atoms in total. The molecule has 1 aromatic heterocycles. The maximum Gasteiger partial charge on any atom is 0.416 e. The summed E-state index contributed by atoms with van der Waals surface area (Å²) in [6.45, 7) is 9.74. The van der Waals surface area contributed by atoms with Gasteiger partial charge in [0.05, 0.1) is 28.7 Å². The molecule has 3 atom stereocenters. The average molecular weight is 503 g/mol. The van der Waals surface area contributed by atoms with Crippen LogP contribution >= 0.6 is 0 Å². The second-order valence-corrected chi connectivity index (χ2v) is 9.47. The van der Waals surface area contributed by atoms with Crippen molar-refractivity contribution in [3.8, 4) is 0 Å². The monoisotopic (exact) mass is 502 g/mol. The summed E-state index contributed by atoms with van der Waals surface area (Å²) in [6.07, 6.45) is -4.75. The average Bonchev–Trinajstić information content (AvgIpc) is 2.77. The lowest BCUT2D eigenvalue weighted by molar-refractivity contribution is -0.138. The second kappa shape index (κ2) is 9.57. The van der Waals surface area contributed by atoms with E-state index in [1.807, 2.05) is 13.8 Å². The predicted octanol–water partition coefficient (Wildman–Crippen LogP) is 4.98. The molecule has 1 aliphatic rings. The van der Waals surface area contributed by atoms with Crippen molar-refractivity contribution >= 4 is 22.5 Å². The number of alkyl halides is 3. The Kier molecular flexibility index (Phi) is 6.83. The van der Waals surface area contributed by atoms with Gasteiger partial charge in [0.25, 0.3) is 11.5 Å². The van der Waals surface area contributed by atoms with E-state index >= 15 is 0 Å². The molecule has 1 amide bonds. The van der Waals surface area contributed by atoms with Crippen LogP contribution in [-0.4, -0.2) is 46.1 Å². The Balaban J connectivity index is 1.63. The molecule has 3 aromatic rings. The van der Waals surface area contributed by atoms with Gasteiger partial charge in [-0.1, -0.05) is 0 Å². The molecule has 0 spiro atoms. The predicted molar refractivity (Wildman–Crippen MR) is 131 cm³/mol. The quantitative estimate of drug-likeness (QED) is 0.526. The summed E-state index contributed by atoms with van der Waals surface area (Å²) >= 11 is 0. The fourth-order valence-corrected chi connectivity index (χ4v) is 4.72. The van der Waals surface area contributed by atoms with Gasteiger partial charge >= 0.3 is 6.18 Å². The van der Waals surface area contributed by atoms with Crippen molar-refractivity contribution in [2.75, 3.05) is 18.4 Å². The van der Waals surface area contributed by atoms with Crippen LogP contribution in [0, 0.1) is 13.8 Å². The molecule has 2 heterocycles. The van der Waals surface area contributed by atoms with Crippen LogP contribution in [0.5, 0.6) is 0 Å². The van der Waals surface area contributed by atoms with Crippen LogP contribution in [0.1, 0.15) is 59.7 Å². The minimum Gasteiger partial charge on any atom is -0.378 e. The number of aromatic amines is 1. The van der Waals surface area contributed by atoms with E-state index in [2.05, 4.69) is 15.3 Å². The van der Waals surface area contributed by atoms with Gasteiger partial charge in [-0.2, -0.15) is 13.2 Å². The number of morpholine rings is 1. The number of anilines is 1. The number of ether oxygens (including phenoxy) is 1. The molecule has 36 heavy (non-hydrogen) atoms. The first-order valence-electron chi connectivity index (χ1n) is 11.8. The van der Waals surface area contributed by atoms with Crippen LogP contribution in [0.4, 0.5) is 18.9 Å². The number of benzene rings is 2. The summed E-state index contributed by atoms with van der Waals surface area (Å²) in [5.41, 5.74) is 0.380. The Labute approximate surface area is 206 Å². The lowest BCUT2D eigenvalue weighted by Crippen LogP contribution is -2.48. The zero-order valence-electron chi connectivity index (χ0n) is 20.8. The first-order valence-corrected chi connectivity index (χ1v) is 11.8. The molecule has 1 unspecified atom stereocenters. The highest BCUT2D eigenvalue weighted by molar-refractivity contribution is 5.95. The molecule has 1 fully saturated rings. The van der Waals surface area contributed by atoms with Gasteiger partial charge < -0.3 is 19.9 Å². The Hall–Kier alpha value is -3.40. The molecule has 192 valence electrons. The van der Waals surface area contributed by atoms with Crippen LogP contribution in [-0.2, 0) is 10.9 Å². The van der Waals surface area contributed by atoms with E-state index in [0.717, 1.165) is 6.07 Å². The highest BCUT2D eigenvalue weighted by Gasteiger charge is 2.35. The third-order valence-electron chi connectivity index (χ3n) is 6.32. The molecule has 2 aromatic carbocycles. The normalized spacial score (nSPS) is 19.4. The van der Waals surface area contributed by atoms with Crippen LogP contribution < -0.4 is 10.9 Å². The first kappa shape index (κ1) is 25.7. The molecule has 2 N–H and O–H groups in total. The number of aryl methyl sites for hydroxylation is 2. The highest BCUT2D eigenvalue weighted by Crippen LogP contribution is 2.37. The van der Waals surface area contributed by atoms with E-state index in [4.69, 9.17) is 4.74 Å². The number of rotatable bonds is 4. The molecule has 0 bridgehead atoms. The SMILES string of the molecule is Cc1nc2cc(C(F)(F)F)c(C(C)Nc3ccc(C(=O)N4C[C@@H](C)O[C@@H](C)C4)cc3C)cc2c(=O)[nH]1. The Morgan fingerprint density at radius 3 is 2.44 bits per heavy atom. The fourth-order valence-electron chi connectivity index (χ4n) is 4.72. The van der Waals surface area contributed by atoms with E-state index in [-0.39, 0.29) is 40.4 Å². The van der Waals surface area contributed by atoms with Gasteiger partial charge in [0, 0.05) is 30.4 Å². The fraction of sp³-hybridized carbons (Fsp3) is 0.423. The maximum atomic E-state index is 13.9. The number of nitrogens with one attached hydrogen (secondary N) is 2. The zero-order chi connectivity index (χ0) is 26.4. The Bertz CT molecular complexity index is 1360. The molecule has 0 aliphatic carbocycles. The van der Waals surface area contributed by atoms with Gasteiger partial charge in [-0.05, 0) is 76.1 Å². The molecule has 0 saturated carbocycles. The van der Waals surface area contributed by atoms with Gasteiger partial charge in [-0.25, -0.2) is 4.98 Å². The number of nitrogens with zero attached hydrogens (tertiary/aromatic N) is 2. The third-order valence-corrected chi connectivity index (χ3v) is 6.32. The summed E-state index contributed by atoms with van der Waals surface area (Å²) < 4.78 is 47.5. The number of hydrogen-bond donors (Lipinski definition) is 2. The number of H-pyrrole nitrogens is 1. The van der Waals surface area contributed by atoms with Crippen molar-refractivity contribution in [1.29, 1.82) is 0 Å². The lowest BCUT2D eigenvalue weighted by Gasteiger charge is -2.35. The Morgan fingerprint density at radius 1 is 1.17 bits per heavy atom. The zero-order valence-corrected chi connectivity index (χ0v) is 20.8. The van der Waals surface area contributed by atoms with E-state index in [1.165, 1.54) is 13.0 Å². The van der Waals surface area contributed by atoms with Crippen molar-refractivity contribution in [3.05, 3.63) is 68.8 Å². The van der Waals surface area contributed by atoms with E-state index in [9.17, 15) is 22.8 Å². The Morgan fingerprint density at radius 2 is 1.83 bits per heavy atom. The van der Waals surface area contributed by atoms with Crippen molar-refractivity contribution in [3.63, 3.8) is 0 Å². The van der Waals surface area contributed by atoms with Crippen LogP contribution in [0.2, 0.25) is 0 Å². The van der Waals surface area contributed by atoms with E-state index < -0.39 is 23.3 Å². The molecule has 4 rings (SSSR count). The van der Waals surface area contributed by atoms with E-state index in [1.54, 1.807) is 36.9 Å². The number of hydrogen-bond acceptors (Lipinski definition) is 5. The molecule has 10 heteroatoms. The first-order chi connectivity index (χ1) is 16.8. The summed E-state index contributed by atoms with van der Waals surface area (Å²) in [4.78, 5) is 33.7. The van der Waals surface area contributed by atoms with Crippen LogP contribution in [0.15, 0.2) is 35.1 Å². The van der Waals surface area contributed by atoms with Crippen molar-refractivity contribution in [1.82, 2.24) is 14.9 Å². The molecular weight excluding hydrogens is 473 g/mol. The second-order valence-electron chi connectivity index (χ2n) is 9.47. The number of aromatic nitrogens is 2. The maximum absolute atomic E-state index is 13.9. The van der Waals surface area contributed by atoms with Crippen LogP contribution in [0.3, 0.4) is 0 Å².